The number of hydrogen-bond donors (Lipinski definition) is 2. The standard InChI is InChI=1S/C32H36N4O2/c1-5-28(29-10-7-6-9-23(29)2)32(25-14-17-30-26(21-25)22-34-35-30)24-12-15-27(16-13-24)38-20-19-33-18-8-11-31(37)36(3)4/h6-17,21-22,33H,5,18-20H2,1-4H3,(H,34,35). The Morgan fingerprint density at radius 1 is 1.05 bits per heavy atom. The molecule has 6 heteroatoms. The van der Waals surface area contributed by atoms with E-state index in [0.29, 0.717) is 19.7 Å². The lowest BCUT2D eigenvalue weighted by Gasteiger charge is -2.18. The van der Waals surface area contributed by atoms with Crippen LogP contribution in [0.3, 0.4) is 0 Å². The van der Waals surface area contributed by atoms with Crippen molar-refractivity contribution in [3.8, 4) is 5.75 Å². The topological polar surface area (TPSA) is 70.2 Å². The van der Waals surface area contributed by atoms with Crippen molar-refractivity contribution in [1.82, 2.24) is 20.4 Å². The number of benzene rings is 3. The molecule has 4 aromatic rings. The molecule has 196 valence electrons. The van der Waals surface area contributed by atoms with Gasteiger partial charge in [-0.2, -0.15) is 5.10 Å². The third kappa shape index (κ3) is 6.58. The fourth-order valence-electron chi connectivity index (χ4n) is 4.48. The average molecular weight is 509 g/mol. The van der Waals surface area contributed by atoms with Gasteiger partial charge in [0.15, 0.2) is 0 Å². The molecule has 1 amide bonds. The van der Waals surface area contributed by atoms with Crippen LogP contribution in [-0.4, -0.2) is 54.8 Å². The van der Waals surface area contributed by atoms with Crippen LogP contribution in [0, 0.1) is 6.92 Å². The van der Waals surface area contributed by atoms with Crippen molar-refractivity contribution in [3.05, 3.63) is 107 Å². The minimum absolute atomic E-state index is 0.0186. The van der Waals surface area contributed by atoms with Crippen LogP contribution in [0.5, 0.6) is 5.75 Å². The van der Waals surface area contributed by atoms with Crippen molar-refractivity contribution in [1.29, 1.82) is 0 Å². The number of rotatable bonds is 11. The first-order chi connectivity index (χ1) is 18.5. The lowest BCUT2D eigenvalue weighted by molar-refractivity contribution is -0.123. The first kappa shape index (κ1) is 26.9. The summed E-state index contributed by atoms with van der Waals surface area (Å²) in [5.41, 5.74) is 8.40. The van der Waals surface area contributed by atoms with Crippen LogP contribution in [-0.2, 0) is 4.79 Å². The van der Waals surface area contributed by atoms with Gasteiger partial charge in [-0.05, 0) is 71.0 Å². The van der Waals surface area contributed by atoms with Crippen LogP contribution in [0.2, 0.25) is 0 Å². The number of aryl methyl sites for hydroxylation is 1. The summed E-state index contributed by atoms with van der Waals surface area (Å²) in [4.78, 5) is 13.1. The van der Waals surface area contributed by atoms with E-state index in [2.05, 4.69) is 84.0 Å². The van der Waals surface area contributed by atoms with Gasteiger partial charge >= 0.3 is 0 Å². The SMILES string of the molecule is CCC(=C(c1ccc(OCCNCC=CC(=O)N(C)C)cc1)c1ccc2[nH]ncc2c1)c1ccccc1C. The Bertz CT molecular complexity index is 1430. The van der Waals surface area contributed by atoms with E-state index in [-0.39, 0.29) is 5.91 Å². The molecule has 6 nitrogen and oxygen atoms in total. The number of carbonyl (C=O) groups is 1. The van der Waals surface area contributed by atoms with E-state index in [1.165, 1.54) is 22.3 Å². The number of carbonyl (C=O) groups excluding carboxylic acids is 1. The highest BCUT2D eigenvalue weighted by atomic mass is 16.5. The third-order valence-electron chi connectivity index (χ3n) is 6.51. The van der Waals surface area contributed by atoms with Gasteiger partial charge in [-0.15, -0.1) is 0 Å². The smallest absolute Gasteiger partial charge is 0.245 e. The number of aromatic amines is 1. The molecule has 0 saturated heterocycles. The van der Waals surface area contributed by atoms with Crippen LogP contribution < -0.4 is 10.1 Å². The summed E-state index contributed by atoms with van der Waals surface area (Å²) in [6, 6.07) is 23.4. The first-order valence-electron chi connectivity index (χ1n) is 13.0. The molecule has 38 heavy (non-hydrogen) atoms. The van der Waals surface area contributed by atoms with Gasteiger partial charge in [0.1, 0.15) is 12.4 Å². The highest BCUT2D eigenvalue weighted by molar-refractivity contribution is 6.00. The fourth-order valence-corrected chi connectivity index (χ4v) is 4.48. The Hall–Kier alpha value is -4.16. The van der Waals surface area contributed by atoms with Gasteiger partial charge in [-0.3, -0.25) is 9.89 Å². The molecule has 4 rings (SSSR count). The van der Waals surface area contributed by atoms with Gasteiger partial charge in [-0.1, -0.05) is 55.5 Å². The molecule has 0 bridgehead atoms. The molecular weight excluding hydrogens is 472 g/mol. The zero-order chi connectivity index (χ0) is 26.9. The molecule has 0 radical (unpaired) electrons. The zero-order valence-electron chi connectivity index (χ0n) is 22.6. The van der Waals surface area contributed by atoms with Crippen molar-refractivity contribution in [2.75, 3.05) is 33.8 Å². The monoisotopic (exact) mass is 508 g/mol. The highest BCUT2D eigenvalue weighted by Crippen LogP contribution is 2.37. The van der Waals surface area contributed by atoms with E-state index in [4.69, 9.17) is 4.74 Å². The summed E-state index contributed by atoms with van der Waals surface area (Å²) in [5, 5.41) is 11.6. The van der Waals surface area contributed by atoms with Gasteiger partial charge in [0.2, 0.25) is 5.91 Å². The van der Waals surface area contributed by atoms with Crippen LogP contribution in [0.15, 0.2) is 85.1 Å². The second-order valence-corrected chi connectivity index (χ2v) is 9.41. The number of nitrogens with one attached hydrogen (secondary N) is 2. The quantitative estimate of drug-likeness (QED) is 0.151. The van der Waals surface area contributed by atoms with E-state index >= 15 is 0 Å². The normalized spacial score (nSPS) is 12.1. The minimum Gasteiger partial charge on any atom is -0.492 e. The number of H-pyrrole nitrogens is 1. The molecule has 1 aromatic heterocycles. The van der Waals surface area contributed by atoms with Crippen molar-refractivity contribution in [2.24, 2.45) is 0 Å². The maximum Gasteiger partial charge on any atom is 0.245 e. The minimum atomic E-state index is -0.0186. The van der Waals surface area contributed by atoms with Crippen molar-refractivity contribution in [2.45, 2.75) is 20.3 Å². The molecule has 1 heterocycles. The van der Waals surface area contributed by atoms with Gasteiger partial charge in [-0.25, -0.2) is 0 Å². The summed E-state index contributed by atoms with van der Waals surface area (Å²) in [7, 11) is 3.48. The van der Waals surface area contributed by atoms with Gasteiger partial charge in [0, 0.05) is 38.6 Å². The number of fused-ring (bicyclic) bond motifs is 1. The van der Waals surface area contributed by atoms with E-state index < -0.39 is 0 Å². The van der Waals surface area contributed by atoms with E-state index in [9.17, 15) is 4.79 Å². The molecule has 0 saturated carbocycles. The summed E-state index contributed by atoms with van der Waals surface area (Å²) < 4.78 is 5.96. The summed E-state index contributed by atoms with van der Waals surface area (Å²) in [5.74, 6) is 0.808. The Labute approximate surface area is 225 Å². The van der Waals surface area contributed by atoms with Crippen LogP contribution in [0.25, 0.3) is 22.0 Å². The molecule has 0 unspecified atom stereocenters. The number of ether oxygens (including phenoxy) is 1. The first-order valence-corrected chi connectivity index (χ1v) is 13.0. The maximum atomic E-state index is 11.6. The third-order valence-corrected chi connectivity index (χ3v) is 6.51. The number of hydrogen-bond acceptors (Lipinski definition) is 4. The van der Waals surface area contributed by atoms with Crippen molar-refractivity contribution >= 4 is 28.0 Å². The number of aromatic nitrogens is 2. The largest absolute Gasteiger partial charge is 0.492 e. The Kier molecular flexibility index (Phi) is 9.11. The van der Waals surface area contributed by atoms with Crippen LogP contribution in [0.1, 0.15) is 35.6 Å². The van der Waals surface area contributed by atoms with Crippen molar-refractivity contribution < 1.29 is 9.53 Å². The molecule has 0 aliphatic heterocycles. The summed E-state index contributed by atoms with van der Waals surface area (Å²) >= 11 is 0. The zero-order valence-corrected chi connectivity index (χ0v) is 22.6. The lowest BCUT2D eigenvalue weighted by atomic mass is 9.86. The highest BCUT2D eigenvalue weighted by Gasteiger charge is 2.15. The van der Waals surface area contributed by atoms with Gasteiger partial charge in [0.25, 0.3) is 0 Å². The van der Waals surface area contributed by atoms with Crippen LogP contribution >= 0.6 is 0 Å². The van der Waals surface area contributed by atoms with Gasteiger partial charge < -0.3 is 15.0 Å². The summed E-state index contributed by atoms with van der Waals surface area (Å²) in [6.07, 6.45) is 6.17. The predicted molar refractivity (Wildman–Crippen MR) is 156 cm³/mol. The molecule has 0 aliphatic carbocycles. The summed E-state index contributed by atoms with van der Waals surface area (Å²) in [6.45, 7) is 6.23. The molecule has 3 aromatic carbocycles. The Morgan fingerprint density at radius 3 is 2.55 bits per heavy atom. The molecule has 0 atom stereocenters. The van der Waals surface area contributed by atoms with E-state index in [1.807, 2.05) is 24.4 Å². The molecule has 0 spiro atoms. The number of amides is 1. The second kappa shape index (κ2) is 12.9. The Balaban J connectivity index is 1.53. The second-order valence-electron chi connectivity index (χ2n) is 9.41. The van der Waals surface area contributed by atoms with E-state index in [1.54, 1.807) is 25.1 Å². The molecule has 0 fully saturated rings. The maximum absolute atomic E-state index is 11.6. The fraction of sp³-hybridized carbons (Fsp3) is 0.250. The number of likely N-dealkylation sites (N-methyl/N-ethyl adjacent to an activating group) is 1. The van der Waals surface area contributed by atoms with Crippen LogP contribution in [0.4, 0.5) is 0 Å². The van der Waals surface area contributed by atoms with Crippen molar-refractivity contribution in [3.63, 3.8) is 0 Å². The lowest BCUT2D eigenvalue weighted by Crippen LogP contribution is -2.22. The predicted octanol–water partition coefficient (Wildman–Crippen LogP) is 5.85. The molecular formula is C32H36N4O2. The number of nitrogens with zero attached hydrogens (tertiary/aromatic N) is 2. The molecule has 0 aliphatic rings. The average Bonchev–Trinajstić information content (AvgIpc) is 3.40. The van der Waals surface area contributed by atoms with E-state index in [0.717, 1.165) is 34.2 Å². The number of allylic oxidation sites excluding steroid dienone is 1. The molecule has 2 N–H and O–H groups in total. The van der Waals surface area contributed by atoms with Gasteiger partial charge in [0.05, 0.1) is 11.7 Å². The Morgan fingerprint density at radius 2 is 1.82 bits per heavy atom.